The van der Waals surface area contributed by atoms with Gasteiger partial charge in [0.1, 0.15) is 10.6 Å². The second-order valence-electron chi connectivity index (χ2n) is 5.56. The molecule has 0 radical (unpaired) electrons. The second-order valence-corrected chi connectivity index (χ2v) is 7.60. The van der Waals surface area contributed by atoms with Crippen LogP contribution in [-0.4, -0.2) is 44.3 Å². The van der Waals surface area contributed by atoms with Gasteiger partial charge in [-0.05, 0) is 30.3 Å². The summed E-state index contributed by atoms with van der Waals surface area (Å²) in [6.07, 6.45) is 0. The molecule has 1 N–H and O–H groups in total. The Hall–Kier alpha value is -2.16. The molecule has 3 heterocycles. The zero-order chi connectivity index (χ0) is 17.2. The molecule has 25 heavy (non-hydrogen) atoms. The highest BCUT2D eigenvalue weighted by molar-refractivity contribution is 7.29. The topological polar surface area (TPSA) is 63.7 Å². The van der Waals surface area contributed by atoms with E-state index in [1.807, 2.05) is 30.3 Å². The third-order valence-electron chi connectivity index (χ3n) is 3.93. The minimum Gasteiger partial charge on any atom is -0.497 e. The van der Waals surface area contributed by atoms with Crippen LogP contribution in [0.5, 0.6) is 5.75 Å². The zero-order valence-corrected chi connectivity index (χ0v) is 15.3. The van der Waals surface area contributed by atoms with Gasteiger partial charge in [-0.1, -0.05) is 11.3 Å². The van der Waals surface area contributed by atoms with Crippen LogP contribution in [0.25, 0.3) is 9.53 Å². The summed E-state index contributed by atoms with van der Waals surface area (Å²) in [6.45, 7) is 3.21. The van der Waals surface area contributed by atoms with Crippen LogP contribution in [0.15, 0.2) is 30.3 Å². The van der Waals surface area contributed by atoms with E-state index in [9.17, 15) is 4.79 Å². The maximum absolute atomic E-state index is 12.4. The van der Waals surface area contributed by atoms with Crippen LogP contribution in [0.3, 0.4) is 0 Å². The molecule has 1 aliphatic rings. The zero-order valence-electron chi connectivity index (χ0n) is 13.7. The van der Waals surface area contributed by atoms with Crippen molar-refractivity contribution in [1.29, 1.82) is 0 Å². The number of hydrogen-bond acceptors (Lipinski definition) is 7. The van der Waals surface area contributed by atoms with Crippen molar-refractivity contribution in [2.24, 2.45) is 0 Å². The number of amides is 1. The molecular weight excluding hydrogens is 358 g/mol. The number of thiophene rings is 1. The summed E-state index contributed by atoms with van der Waals surface area (Å²) in [6, 6.07) is 9.20. The summed E-state index contributed by atoms with van der Waals surface area (Å²) < 4.78 is 11.5. The molecule has 6 nitrogen and oxygen atoms in total. The minimum atomic E-state index is -0.117. The second kappa shape index (κ2) is 6.99. The number of methoxy groups -OCH3 is 1. The van der Waals surface area contributed by atoms with E-state index in [4.69, 9.17) is 9.47 Å². The number of hydrogen-bond donors (Lipinski definition) is 1. The van der Waals surface area contributed by atoms with Gasteiger partial charge in [-0.3, -0.25) is 4.79 Å². The maximum atomic E-state index is 12.4. The highest BCUT2D eigenvalue weighted by atomic mass is 32.1. The lowest BCUT2D eigenvalue weighted by atomic mass is 10.3. The Kier molecular flexibility index (Phi) is 4.56. The van der Waals surface area contributed by atoms with Crippen LogP contribution in [0.1, 0.15) is 9.67 Å². The first-order valence-corrected chi connectivity index (χ1v) is 9.55. The highest BCUT2D eigenvalue weighted by Crippen LogP contribution is 2.35. The molecule has 1 aromatic carbocycles. The number of anilines is 2. The smallest absolute Gasteiger partial charge is 0.265 e. The molecule has 2 aromatic heterocycles. The molecule has 0 saturated carbocycles. The van der Waals surface area contributed by atoms with E-state index in [0.29, 0.717) is 4.88 Å². The van der Waals surface area contributed by atoms with Crippen molar-refractivity contribution in [2.45, 2.75) is 0 Å². The van der Waals surface area contributed by atoms with E-state index in [1.165, 1.54) is 11.3 Å². The van der Waals surface area contributed by atoms with Gasteiger partial charge in [0.25, 0.3) is 5.91 Å². The van der Waals surface area contributed by atoms with E-state index in [0.717, 1.165) is 52.4 Å². The van der Waals surface area contributed by atoms with E-state index < -0.39 is 0 Å². The average Bonchev–Trinajstić information content (AvgIpc) is 3.22. The van der Waals surface area contributed by atoms with Crippen molar-refractivity contribution in [3.8, 4) is 5.75 Å². The summed E-state index contributed by atoms with van der Waals surface area (Å²) in [7, 11) is 1.62. The fourth-order valence-electron chi connectivity index (χ4n) is 2.59. The fourth-order valence-corrected chi connectivity index (χ4v) is 4.75. The SMILES string of the molecule is COc1ccc(NC(=O)c2cc3sc(N4CCOCC4)nc3s2)cc1. The Labute approximate surface area is 153 Å². The Morgan fingerprint density at radius 2 is 2.00 bits per heavy atom. The largest absolute Gasteiger partial charge is 0.497 e. The molecule has 130 valence electrons. The van der Waals surface area contributed by atoms with Crippen molar-refractivity contribution < 1.29 is 14.3 Å². The third kappa shape index (κ3) is 3.46. The van der Waals surface area contributed by atoms with Gasteiger partial charge in [0.05, 0.1) is 29.9 Å². The van der Waals surface area contributed by atoms with Crippen LogP contribution in [0.4, 0.5) is 10.8 Å². The number of carbonyl (C=O) groups is 1. The summed E-state index contributed by atoms with van der Waals surface area (Å²) in [5.41, 5.74) is 0.740. The number of nitrogens with one attached hydrogen (secondary N) is 1. The predicted molar refractivity (Wildman–Crippen MR) is 101 cm³/mol. The molecule has 0 bridgehead atoms. The lowest BCUT2D eigenvalue weighted by Crippen LogP contribution is -2.36. The molecule has 0 atom stereocenters. The number of fused-ring (bicyclic) bond motifs is 1. The molecule has 4 rings (SSSR count). The summed E-state index contributed by atoms with van der Waals surface area (Å²) in [5.74, 6) is 0.641. The minimum absolute atomic E-state index is 0.117. The number of thiazole rings is 1. The number of nitrogens with zero attached hydrogens (tertiary/aromatic N) is 2. The molecule has 8 heteroatoms. The molecule has 1 saturated heterocycles. The highest BCUT2D eigenvalue weighted by Gasteiger charge is 2.18. The molecule has 3 aromatic rings. The quantitative estimate of drug-likeness (QED) is 0.757. The Morgan fingerprint density at radius 3 is 2.68 bits per heavy atom. The van der Waals surface area contributed by atoms with Gasteiger partial charge in [0, 0.05) is 18.8 Å². The summed E-state index contributed by atoms with van der Waals surface area (Å²) >= 11 is 3.05. The van der Waals surface area contributed by atoms with E-state index in [1.54, 1.807) is 18.4 Å². The number of morpholine rings is 1. The van der Waals surface area contributed by atoms with Gasteiger partial charge in [-0.25, -0.2) is 4.98 Å². The number of benzene rings is 1. The van der Waals surface area contributed by atoms with Gasteiger partial charge in [-0.15, -0.1) is 11.3 Å². The normalized spacial score (nSPS) is 14.7. The number of carbonyl (C=O) groups excluding carboxylic acids is 1. The Balaban J connectivity index is 1.48. The fraction of sp³-hybridized carbons (Fsp3) is 0.294. The van der Waals surface area contributed by atoms with Crippen molar-refractivity contribution in [2.75, 3.05) is 43.6 Å². The summed E-state index contributed by atoms with van der Waals surface area (Å²) in [4.78, 5) is 20.9. The van der Waals surface area contributed by atoms with Crippen LogP contribution >= 0.6 is 22.7 Å². The van der Waals surface area contributed by atoms with E-state index >= 15 is 0 Å². The predicted octanol–water partition coefficient (Wildman–Crippen LogP) is 3.46. The first-order valence-electron chi connectivity index (χ1n) is 7.91. The van der Waals surface area contributed by atoms with Gasteiger partial charge in [-0.2, -0.15) is 0 Å². The Morgan fingerprint density at radius 1 is 1.24 bits per heavy atom. The van der Waals surface area contributed by atoms with Crippen LogP contribution in [0, 0.1) is 0 Å². The molecular formula is C17H17N3O3S2. The number of aromatic nitrogens is 1. The van der Waals surface area contributed by atoms with Crippen molar-refractivity contribution in [1.82, 2.24) is 4.98 Å². The van der Waals surface area contributed by atoms with E-state index in [2.05, 4.69) is 15.2 Å². The lowest BCUT2D eigenvalue weighted by molar-refractivity contribution is 0.103. The van der Waals surface area contributed by atoms with Crippen molar-refractivity contribution in [3.63, 3.8) is 0 Å². The maximum Gasteiger partial charge on any atom is 0.265 e. The first kappa shape index (κ1) is 16.3. The standard InChI is InChI=1S/C17H17N3O3S2/c1-22-12-4-2-11(3-5-12)18-15(21)13-10-14-16(24-13)19-17(25-14)20-6-8-23-9-7-20/h2-5,10H,6-9H2,1H3,(H,18,21). The van der Waals surface area contributed by atoms with Crippen LogP contribution in [-0.2, 0) is 4.74 Å². The molecule has 1 aliphatic heterocycles. The molecule has 1 amide bonds. The lowest BCUT2D eigenvalue weighted by Gasteiger charge is -2.25. The monoisotopic (exact) mass is 375 g/mol. The van der Waals surface area contributed by atoms with Gasteiger partial charge in [0.15, 0.2) is 5.13 Å². The van der Waals surface area contributed by atoms with Crippen molar-refractivity contribution in [3.05, 3.63) is 35.2 Å². The van der Waals surface area contributed by atoms with Gasteiger partial charge >= 0.3 is 0 Å². The van der Waals surface area contributed by atoms with Gasteiger partial charge in [0.2, 0.25) is 0 Å². The Bertz CT molecular complexity index is 851. The molecule has 0 unspecified atom stereocenters. The van der Waals surface area contributed by atoms with E-state index in [-0.39, 0.29) is 5.91 Å². The molecule has 1 fully saturated rings. The number of rotatable bonds is 4. The molecule has 0 aliphatic carbocycles. The van der Waals surface area contributed by atoms with Crippen LogP contribution in [0.2, 0.25) is 0 Å². The summed E-state index contributed by atoms with van der Waals surface area (Å²) in [5, 5.41) is 3.91. The number of ether oxygens (including phenoxy) is 2. The average molecular weight is 375 g/mol. The van der Waals surface area contributed by atoms with Crippen LogP contribution < -0.4 is 15.0 Å². The molecule has 0 spiro atoms. The van der Waals surface area contributed by atoms with Crippen molar-refractivity contribution >= 4 is 48.9 Å². The third-order valence-corrected chi connectivity index (χ3v) is 6.15. The first-order chi connectivity index (χ1) is 12.2. The van der Waals surface area contributed by atoms with Gasteiger partial charge < -0.3 is 19.7 Å².